The Hall–Kier alpha value is -2.16. The van der Waals surface area contributed by atoms with Crippen LogP contribution in [0.5, 0.6) is 0 Å². The van der Waals surface area contributed by atoms with Crippen LogP contribution in [0.1, 0.15) is 18.9 Å². The van der Waals surface area contributed by atoms with Crippen LogP contribution in [0.3, 0.4) is 0 Å². The molecule has 0 saturated heterocycles. The zero-order chi connectivity index (χ0) is 14.8. The Morgan fingerprint density at radius 1 is 1.52 bits per heavy atom. The number of benzene rings is 1. The van der Waals surface area contributed by atoms with Crippen molar-refractivity contribution in [1.29, 1.82) is 0 Å². The van der Waals surface area contributed by atoms with Crippen molar-refractivity contribution in [3.63, 3.8) is 0 Å². The molecule has 0 unspecified atom stereocenters. The monoisotopic (exact) mass is 308 g/mol. The smallest absolute Gasteiger partial charge is 0.234 e. The number of amides is 1. The highest BCUT2D eigenvalue weighted by molar-refractivity contribution is 7.99. The second kappa shape index (κ2) is 5.68. The van der Waals surface area contributed by atoms with Crippen LogP contribution in [0.15, 0.2) is 23.4 Å². The van der Waals surface area contributed by atoms with E-state index in [0.29, 0.717) is 16.9 Å². The van der Waals surface area contributed by atoms with E-state index in [1.807, 2.05) is 0 Å². The molecule has 0 aliphatic heterocycles. The minimum atomic E-state index is -0.523. The van der Waals surface area contributed by atoms with Crippen molar-refractivity contribution in [1.82, 2.24) is 20.2 Å². The Morgan fingerprint density at radius 3 is 3.10 bits per heavy atom. The van der Waals surface area contributed by atoms with Gasteiger partial charge in [0.05, 0.1) is 17.5 Å². The summed E-state index contributed by atoms with van der Waals surface area (Å²) in [5.41, 5.74) is 6.02. The highest BCUT2D eigenvalue weighted by Crippen LogP contribution is 2.36. The second-order valence-corrected chi connectivity index (χ2v) is 5.66. The molecular weight excluding hydrogens is 295 g/mol. The van der Waals surface area contributed by atoms with Gasteiger partial charge in [0.25, 0.3) is 0 Å². The van der Waals surface area contributed by atoms with Gasteiger partial charge in [-0.3, -0.25) is 4.79 Å². The second-order valence-electron chi connectivity index (χ2n) is 4.71. The Labute approximate surface area is 124 Å². The summed E-state index contributed by atoms with van der Waals surface area (Å²) in [5, 5.41) is 14.5. The van der Waals surface area contributed by atoms with Gasteiger partial charge in [-0.25, -0.2) is 9.07 Å². The molecule has 2 aromatic rings. The summed E-state index contributed by atoms with van der Waals surface area (Å²) in [6, 6.07) is 4.37. The Bertz CT molecular complexity index is 672. The molecule has 1 amide bonds. The highest BCUT2D eigenvalue weighted by Gasteiger charge is 2.28. The van der Waals surface area contributed by atoms with E-state index in [1.165, 1.54) is 30.0 Å². The summed E-state index contributed by atoms with van der Waals surface area (Å²) < 4.78 is 15.2. The topological polar surface area (TPSA) is 98.7 Å². The van der Waals surface area contributed by atoms with E-state index >= 15 is 0 Å². The van der Waals surface area contributed by atoms with E-state index in [0.717, 1.165) is 12.8 Å². The van der Waals surface area contributed by atoms with Gasteiger partial charge >= 0.3 is 0 Å². The van der Waals surface area contributed by atoms with Crippen molar-refractivity contribution < 1.29 is 9.18 Å². The van der Waals surface area contributed by atoms with Crippen LogP contribution in [-0.4, -0.2) is 31.9 Å². The maximum Gasteiger partial charge on any atom is 0.234 e. The minimum Gasteiger partial charge on any atom is -0.399 e. The number of carbonyl (C=O) groups is 1. The summed E-state index contributed by atoms with van der Waals surface area (Å²) in [5.74, 6) is -0.762. The first-order chi connectivity index (χ1) is 10.1. The third-order valence-corrected chi connectivity index (χ3v) is 3.89. The summed E-state index contributed by atoms with van der Waals surface area (Å²) in [4.78, 5) is 11.9. The Balaban J connectivity index is 1.59. The van der Waals surface area contributed by atoms with Gasteiger partial charge in [0.15, 0.2) is 0 Å². The number of tetrazole rings is 1. The lowest BCUT2D eigenvalue weighted by Crippen LogP contribution is -2.15. The van der Waals surface area contributed by atoms with Crippen molar-refractivity contribution in [2.75, 3.05) is 16.8 Å². The van der Waals surface area contributed by atoms with Crippen LogP contribution in [0, 0.1) is 5.82 Å². The molecule has 7 nitrogen and oxygen atoms in total. The molecular formula is C12H13FN6OS. The molecule has 1 aliphatic rings. The summed E-state index contributed by atoms with van der Waals surface area (Å²) in [7, 11) is 0. The average Bonchev–Trinajstić information content (AvgIpc) is 3.19. The zero-order valence-electron chi connectivity index (χ0n) is 11.0. The molecule has 1 fully saturated rings. The lowest BCUT2D eigenvalue weighted by molar-refractivity contribution is -0.113. The van der Waals surface area contributed by atoms with E-state index in [9.17, 15) is 9.18 Å². The molecule has 1 aromatic carbocycles. The Morgan fingerprint density at radius 2 is 2.33 bits per heavy atom. The standard InChI is InChI=1S/C12H13FN6OS/c13-9-4-1-7(14)5-10(9)15-11(20)6-21-12-16-17-18-19(12)8-2-3-8/h1,4-5,8H,2-3,6,14H2,(H,15,20). The fraction of sp³-hybridized carbons (Fsp3) is 0.333. The number of halogens is 1. The number of hydrogen-bond acceptors (Lipinski definition) is 6. The van der Waals surface area contributed by atoms with E-state index < -0.39 is 5.82 Å². The largest absolute Gasteiger partial charge is 0.399 e. The van der Waals surface area contributed by atoms with E-state index in [2.05, 4.69) is 20.8 Å². The van der Waals surface area contributed by atoms with E-state index in [4.69, 9.17) is 5.73 Å². The first kappa shape index (κ1) is 13.8. The number of nitrogens with one attached hydrogen (secondary N) is 1. The number of nitrogen functional groups attached to an aromatic ring is 1. The van der Waals surface area contributed by atoms with Crippen LogP contribution >= 0.6 is 11.8 Å². The maximum atomic E-state index is 13.5. The molecule has 1 saturated carbocycles. The fourth-order valence-corrected chi connectivity index (χ4v) is 2.53. The summed E-state index contributed by atoms with van der Waals surface area (Å²) in [6.45, 7) is 0. The molecule has 3 rings (SSSR count). The number of anilines is 2. The average molecular weight is 308 g/mol. The maximum absolute atomic E-state index is 13.5. The molecule has 1 heterocycles. The minimum absolute atomic E-state index is 0.0717. The molecule has 0 atom stereocenters. The molecule has 0 bridgehead atoms. The third-order valence-electron chi connectivity index (χ3n) is 2.95. The molecule has 110 valence electrons. The molecule has 9 heteroatoms. The fourth-order valence-electron chi connectivity index (χ4n) is 1.78. The van der Waals surface area contributed by atoms with Gasteiger partial charge in [0.2, 0.25) is 11.1 Å². The number of rotatable bonds is 5. The lowest BCUT2D eigenvalue weighted by atomic mass is 10.2. The Kier molecular flexibility index (Phi) is 3.74. The van der Waals surface area contributed by atoms with Crippen LogP contribution in [0.2, 0.25) is 0 Å². The number of hydrogen-bond donors (Lipinski definition) is 2. The van der Waals surface area contributed by atoms with Gasteiger partial charge < -0.3 is 11.1 Å². The predicted molar refractivity (Wildman–Crippen MR) is 76.3 cm³/mol. The van der Waals surface area contributed by atoms with Gasteiger partial charge in [0, 0.05) is 5.69 Å². The van der Waals surface area contributed by atoms with E-state index in [-0.39, 0.29) is 17.3 Å². The number of nitrogens with zero attached hydrogens (tertiary/aromatic N) is 4. The highest BCUT2D eigenvalue weighted by atomic mass is 32.2. The zero-order valence-corrected chi connectivity index (χ0v) is 11.8. The molecule has 0 radical (unpaired) electrons. The SMILES string of the molecule is Nc1ccc(F)c(NC(=O)CSc2nnnn2C2CC2)c1. The van der Waals surface area contributed by atoms with Crippen LogP contribution in [-0.2, 0) is 4.79 Å². The number of aromatic nitrogens is 4. The lowest BCUT2D eigenvalue weighted by Gasteiger charge is -2.07. The van der Waals surface area contributed by atoms with Crippen molar-refractivity contribution in [2.24, 2.45) is 0 Å². The normalized spacial score (nSPS) is 14.1. The molecule has 0 spiro atoms. The summed E-state index contributed by atoms with van der Waals surface area (Å²) in [6.07, 6.45) is 2.11. The molecule has 3 N–H and O–H groups in total. The van der Waals surface area contributed by atoms with Gasteiger partial charge in [-0.1, -0.05) is 11.8 Å². The van der Waals surface area contributed by atoms with E-state index in [1.54, 1.807) is 4.68 Å². The van der Waals surface area contributed by atoms with Crippen molar-refractivity contribution in [3.8, 4) is 0 Å². The number of carbonyl (C=O) groups excluding carboxylic acids is 1. The quantitative estimate of drug-likeness (QED) is 0.641. The summed E-state index contributed by atoms with van der Waals surface area (Å²) >= 11 is 1.22. The van der Waals surface area contributed by atoms with Gasteiger partial charge in [-0.2, -0.15) is 0 Å². The van der Waals surface area contributed by atoms with Crippen molar-refractivity contribution in [2.45, 2.75) is 24.0 Å². The molecule has 21 heavy (non-hydrogen) atoms. The first-order valence-corrected chi connectivity index (χ1v) is 7.37. The van der Waals surface area contributed by atoms with Crippen molar-refractivity contribution in [3.05, 3.63) is 24.0 Å². The molecule has 1 aliphatic carbocycles. The molecule has 1 aromatic heterocycles. The van der Waals surface area contributed by atoms with Gasteiger partial charge in [-0.05, 0) is 41.5 Å². The van der Waals surface area contributed by atoms with Crippen LogP contribution in [0.4, 0.5) is 15.8 Å². The van der Waals surface area contributed by atoms with Gasteiger partial charge in [0.1, 0.15) is 5.82 Å². The third kappa shape index (κ3) is 3.30. The predicted octanol–water partition coefficient (Wildman–Crippen LogP) is 1.46. The van der Waals surface area contributed by atoms with Gasteiger partial charge in [-0.15, -0.1) is 5.10 Å². The first-order valence-electron chi connectivity index (χ1n) is 6.39. The van der Waals surface area contributed by atoms with Crippen molar-refractivity contribution >= 4 is 29.0 Å². The number of nitrogens with two attached hydrogens (primary N) is 1. The van der Waals surface area contributed by atoms with Crippen LogP contribution < -0.4 is 11.1 Å². The number of thioether (sulfide) groups is 1. The van der Waals surface area contributed by atoms with Crippen LogP contribution in [0.25, 0.3) is 0 Å².